The molecule has 0 atom stereocenters. The summed E-state index contributed by atoms with van der Waals surface area (Å²) in [5.41, 5.74) is 0.200. The Balaban J connectivity index is 1.94. The van der Waals surface area contributed by atoms with Crippen molar-refractivity contribution in [3.63, 3.8) is 0 Å². The van der Waals surface area contributed by atoms with E-state index in [0.29, 0.717) is 5.69 Å². The summed E-state index contributed by atoms with van der Waals surface area (Å²) in [6, 6.07) is 17.0. The smallest absolute Gasteiger partial charge is 0.282 e. The van der Waals surface area contributed by atoms with Gasteiger partial charge in [-0.1, -0.05) is 41.9 Å². The third-order valence-electron chi connectivity index (χ3n) is 3.41. The summed E-state index contributed by atoms with van der Waals surface area (Å²) in [5, 5.41) is 16.0. The van der Waals surface area contributed by atoms with Gasteiger partial charge in [-0.2, -0.15) is 0 Å². The molecule has 5 nitrogen and oxygen atoms in total. The van der Waals surface area contributed by atoms with Crippen LogP contribution in [0.2, 0.25) is 5.02 Å². The highest BCUT2D eigenvalue weighted by Gasteiger charge is 2.20. The van der Waals surface area contributed by atoms with Gasteiger partial charge in [0, 0.05) is 16.8 Å². The summed E-state index contributed by atoms with van der Waals surface area (Å²) in [6.07, 6.45) is 0. The second kappa shape index (κ2) is 6.06. The van der Waals surface area contributed by atoms with Crippen LogP contribution in [-0.4, -0.2) is 10.8 Å². The molecule has 0 radical (unpaired) electrons. The number of benzene rings is 3. The SMILES string of the molecule is O=C(Nc1ccc2ccccc2c1)c1cc(Cl)ccc1[N+](=O)[O-]. The summed E-state index contributed by atoms with van der Waals surface area (Å²) in [6.45, 7) is 0. The fourth-order valence-electron chi connectivity index (χ4n) is 2.31. The van der Waals surface area contributed by atoms with Crippen molar-refractivity contribution in [1.29, 1.82) is 0 Å². The van der Waals surface area contributed by atoms with Crippen LogP contribution in [0.5, 0.6) is 0 Å². The van der Waals surface area contributed by atoms with E-state index < -0.39 is 10.8 Å². The molecule has 0 spiro atoms. The first-order chi connectivity index (χ1) is 11.0. The van der Waals surface area contributed by atoms with Crippen molar-refractivity contribution in [3.05, 3.63) is 81.4 Å². The van der Waals surface area contributed by atoms with Gasteiger partial charge in [-0.25, -0.2) is 0 Å². The van der Waals surface area contributed by atoms with Gasteiger partial charge in [0.1, 0.15) is 5.56 Å². The van der Waals surface area contributed by atoms with Gasteiger partial charge < -0.3 is 5.32 Å². The Bertz CT molecular complexity index is 925. The summed E-state index contributed by atoms with van der Waals surface area (Å²) in [5.74, 6) is -0.575. The maximum absolute atomic E-state index is 12.4. The summed E-state index contributed by atoms with van der Waals surface area (Å²) in [7, 11) is 0. The zero-order chi connectivity index (χ0) is 16.4. The second-order valence-corrected chi connectivity index (χ2v) is 5.37. The number of anilines is 1. The molecule has 0 aliphatic carbocycles. The molecule has 0 aromatic heterocycles. The number of fused-ring (bicyclic) bond motifs is 1. The van der Waals surface area contributed by atoms with Crippen LogP contribution in [0.4, 0.5) is 11.4 Å². The van der Waals surface area contributed by atoms with Gasteiger partial charge in [0.05, 0.1) is 4.92 Å². The quantitative estimate of drug-likeness (QED) is 0.562. The molecule has 6 heteroatoms. The molecule has 23 heavy (non-hydrogen) atoms. The van der Waals surface area contributed by atoms with Crippen LogP contribution in [0.25, 0.3) is 10.8 Å². The van der Waals surface area contributed by atoms with Crippen LogP contribution in [0.15, 0.2) is 60.7 Å². The van der Waals surface area contributed by atoms with Crippen molar-refractivity contribution in [2.45, 2.75) is 0 Å². The van der Waals surface area contributed by atoms with E-state index in [-0.39, 0.29) is 16.3 Å². The van der Waals surface area contributed by atoms with E-state index in [1.165, 1.54) is 18.2 Å². The molecule has 1 N–H and O–H groups in total. The lowest BCUT2D eigenvalue weighted by atomic mass is 10.1. The number of amides is 1. The van der Waals surface area contributed by atoms with Crippen molar-refractivity contribution >= 4 is 39.7 Å². The monoisotopic (exact) mass is 326 g/mol. The molecule has 3 aromatic rings. The molecule has 114 valence electrons. The van der Waals surface area contributed by atoms with E-state index >= 15 is 0 Å². The first-order valence-electron chi connectivity index (χ1n) is 6.79. The fraction of sp³-hybridized carbons (Fsp3) is 0. The van der Waals surface area contributed by atoms with Gasteiger partial charge in [0.2, 0.25) is 0 Å². The number of rotatable bonds is 3. The Kier molecular flexibility index (Phi) is 3.95. The first kappa shape index (κ1) is 15.0. The molecule has 3 rings (SSSR count). The van der Waals surface area contributed by atoms with Gasteiger partial charge in [-0.15, -0.1) is 0 Å². The second-order valence-electron chi connectivity index (χ2n) is 4.93. The van der Waals surface area contributed by atoms with Gasteiger partial charge in [0.15, 0.2) is 0 Å². The van der Waals surface area contributed by atoms with Crippen LogP contribution < -0.4 is 5.32 Å². The average Bonchev–Trinajstić information content (AvgIpc) is 2.54. The number of carbonyl (C=O) groups is 1. The fourth-order valence-corrected chi connectivity index (χ4v) is 2.49. The van der Waals surface area contributed by atoms with Crippen molar-refractivity contribution < 1.29 is 9.72 Å². The number of nitro benzene ring substituents is 1. The van der Waals surface area contributed by atoms with Crippen molar-refractivity contribution in [2.24, 2.45) is 0 Å². The Labute approximate surface area is 136 Å². The molecular formula is C17H11ClN2O3. The van der Waals surface area contributed by atoms with Crippen LogP contribution in [0.3, 0.4) is 0 Å². The highest BCUT2D eigenvalue weighted by Crippen LogP contribution is 2.25. The molecule has 3 aromatic carbocycles. The Morgan fingerprint density at radius 2 is 1.74 bits per heavy atom. The lowest BCUT2D eigenvalue weighted by Gasteiger charge is -2.07. The molecule has 1 amide bonds. The molecule has 0 aliphatic heterocycles. The van der Waals surface area contributed by atoms with Gasteiger partial charge >= 0.3 is 0 Å². The van der Waals surface area contributed by atoms with Crippen LogP contribution in [-0.2, 0) is 0 Å². The van der Waals surface area contributed by atoms with Crippen LogP contribution in [0, 0.1) is 10.1 Å². The standard InChI is InChI=1S/C17H11ClN2O3/c18-13-6-8-16(20(22)23)15(10-13)17(21)19-14-7-5-11-3-1-2-4-12(11)9-14/h1-10H,(H,19,21). The molecule has 0 saturated heterocycles. The number of carbonyl (C=O) groups excluding carboxylic acids is 1. The van der Waals surface area contributed by atoms with Crippen molar-refractivity contribution in [2.75, 3.05) is 5.32 Å². The highest BCUT2D eigenvalue weighted by atomic mass is 35.5. The normalized spacial score (nSPS) is 10.5. The molecule has 0 saturated carbocycles. The lowest BCUT2D eigenvalue weighted by Crippen LogP contribution is -2.14. The summed E-state index contributed by atoms with van der Waals surface area (Å²) in [4.78, 5) is 22.8. The van der Waals surface area contributed by atoms with E-state index in [4.69, 9.17) is 11.6 Å². The third kappa shape index (κ3) is 3.14. The molecule has 0 bridgehead atoms. The number of hydrogen-bond acceptors (Lipinski definition) is 3. The highest BCUT2D eigenvalue weighted by molar-refractivity contribution is 6.31. The van der Waals surface area contributed by atoms with E-state index in [0.717, 1.165) is 10.8 Å². The van der Waals surface area contributed by atoms with E-state index in [9.17, 15) is 14.9 Å². The van der Waals surface area contributed by atoms with E-state index in [1.54, 1.807) is 6.07 Å². The van der Waals surface area contributed by atoms with Crippen LogP contribution in [0.1, 0.15) is 10.4 Å². The van der Waals surface area contributed by atoms with Gasteiger partial charge in [-0.3, -0.25) is 14.9 Å². The minimum absolute atomic E-state index is 0.0735. The lowest BCUT2D eigenvalue weighted by molar-refractivity contribution is -0.385. The number of halogens is 1. The topological polar surface area (TPSA) is 72.2 Å². The third-order valence-corrected chi connectivity index (χ3v) is 3.64. The van der Waals surface area contributed by atoms with Crippen LogP contribution >= 0.6 is 11.6 Å². The largest absolute Gasteiger partial charge is 0.322 e. The maximum Gasteiger partial charge on any atom is 0.282 e. The number of hydrogen-bond donors (Lipinski definition) is 1. The zero-order valence-electron chi connectivity index (χ0n) is 11.8. The minimum atomic E-state index is -0.606. The van der Waals surface area contributed by atoms with Crippen molar-refractivity contribution in [1.82, 2.24) is 0 Å². The first-order valence-corrected chi connectivity index (χ1v) is 7.16. The van der Waals surface area contributed by atoms with Gasteiger partial charge in [-0.05, 0) is 35.0 Å². The zero-order valence-corrected chi connectivity index (χ0v) is 12.6. The maximum atomic E-state index is 12.4. The Morgan fingerprint density at radius 3 is 2.48 bits per heavy atom. The Morgan fingerprint density at radius 1 is 1.00 bits per heavy atom. The molecular weight excluding hydrogens is 316 g/mol. The predicted molar refractivity (Wildman–Crippen MR) is 90.0 cm³/mol. The summed E-state index contributed by atoms with van der Waals surface area (Å²) < 4.78 is 0. The van der Waals surface area contributed by atoms with Crippen molar-refractivity contribution in [3.8, 4) is 0 Å². The molecule has 0 fully saturated rings. The molecule has 0 heterocycles. The number of nitrogens with one attached hydrogen (secondary N) is 1. The summed E-state index contributed by atoms with van der Waals surface area (Å²) >= 11 is 5.84. The number of nitro groups is 1. The molecule has 0 unspecified atom stereocenters. The predicted octanol–water partition coefficient (Wildman–Crippen LogP) is 4.65. The van der Waals surface area contributed by atoms with E-state index in [2.05, 4.69) is 5.32 Å². The molecule has 0 aliphatic rings. The average molecular weight is 327 g/mol. The number of nitrogens with zero attached hydrogens (tertiary/aromatic N) is 1. The Hall–Kier alpha value is -2.92. The van der Waals surface area contributed by atoms with Gasteiger partial charge in [0.25, 0.3) is 11.6 Å². The van der Waals surface area contributed by atoms with E-state index in [1.807, 2.05) is 36.4 Å². The minimum Gasteiger partial charge on any atom is -0.322 e.